The van der Waals surface area contributed by atoms with E-state index in [2.05, 4.69) is 26.1 Å². The van der Waals surface area contributed by atoms with E-state index in [0.29, 0.717) is 12.8 Å². The summed E-state index contributed by atoms with van der Waals surface area (Å²) in [5.41, 5.74) is 8.27. The number of nitrogens with one attached hydrogen (secondary N) is 1. The fraction of sp³-hybridized carbons (Fsp3) is 0.588. The molecule has 1 unspecified atom stereocenters. The summed E-state index contributed by atoms with van der Waals surface area (Å²) in [4.78, 5) is 12.1. The first-order chi connectivity index (χ1) is 9.76. The topological polar surface area (TPSA) is 75.4 Å². The molecular weight excluding hydrogens is 264 g/mol. The van der Waals surface area contributed by atoms with E-state index in [9.17, 15) is 9.90 Å². The number of hydrogen-bond donors (Lipinski definition) is 3. The van der Waals surface area contributed by atoms with E-state index in [0.717, 1.165) is 17.5 Å². The van der Waals surface area contributed by atoms with Gasteiger partial charge in [-0.25, -0.2) is 0 Å². The van der Waals surface area contributed by atoms with Crippen LogP contribution < -0.4 is 11.1 Å². The van der Waals surface area contributed by atoms with Crippen LogP contribution >= 0.6 is 0 Å². The van der Waals surface area contributed by atoms with Crippen molar-refractivity contribution in [1.29, 1.82) is 0 Å². The smallest absolute Gasteiger partial charge is 0.222 e. The van der Waals surface area contributed by atoms with Crippen LogP contribution in [-0.2, 0) is 11.2 Å². The van der Waals surface area contributed by atoms with Crippen LogP contribution in [0.1, 0.15) is 50.8 Å². The highest BCUT2D eigenvalue weighted by Gasteiger charge is 2.32. The molecular formula is C17H26N2O2. The van der Waals surface area contributed by atoms with Crippen molar-refractivity contribution in [2.75, 3.05) is 0 Å². The highest BCUT2D eigenvalue weighted by atomic mass is 16.3. The lowest BCUT2D eigenvalue weighted by molar-refractivity contribution is -0.123. The minimum atomic E-state index is -0.551. The van der Waals surface area contributed by atoms with Crippen molar-refractivity contribution in [3.63, 3.8) is 0 Å². The van der Waals surface area contributed by atoms with Gasteiger partial charge in [0, 0.05) is 18.9 Å². The van der Waals surface area contributed by atoms with E-state index in [1.807, 2.05) is 24.3 Å². The summed E-state index contributed by atoms with van der Waals surface area (Å²) in [6.45, 7) is 6.34. The van der Waals surface area contributed by atoms with Crippen LogP contribution in [0.3, 0.4) is 0 Å². The summed E-state index contributed by atoms with van der Waals surface area (Å²) in [6.07, 6.45) is 1.13. The second-order valence-corrected chi connectivity index (χ2v) is 7.24. The number of amides is 1. The van der Waals surface area contributed by atoms with Crippen LogP contribution in [0, 0.1) is 5.41 Å². The van der Waals surface area contributed by atoms with Gasteiger partial charge in [0.2, 0.25) is 5.91 Å². The molecule has 1 aliphatic carbocycles. The Morgan fingerprint density at radius 1 is 1.43 bits per heavy atom. The monoisotopic (exact) mass is 290 g/mol. The number of hydrogen-bond acceptors (Lipinski definition) is 3. The molecule has 2 rings (SSSR count). The molecule has 0 aliphatic heterocycles. The van der Waals surface area contributed by atoms with Crippen molar-refractivity contribution in [1.82, 2.24) is 5.32 Å². The van der Waals surface area contributed by atoms with Gasteiger partial charge in [0.1, 0.15) is 0 Å². The average molecular weight is 290 g/mol. The molecule has 0 radical (unpaired) electrons. The number of benzene rings is 1. The third-order valence-corrected chi connectivity index (χ3v) is 3.84. The number of carbonyl (C=O) groups is 1. The number of carbonyl (C=O) groups excluding carboxylic acids is 1. The molecule has 0 heterocycles. The van der Waals surface area contributed by atoms with E-state index in [4.69, 9.17) is 5.73 Å². The van der Waals surface area contributed by atoms with Gasteiger partial charge in [-0.05, 0) is 23.0 Å². The Morgan fingerprint density at radius 3 is 2.76 bits per heavy atom. The summed E-state index contributed by atoms with van der Waals surface area (Å²) in [7, 11) is 0. The molecule has 0 fully saturated rings. The van der Waals surface area contributed by atoms with Crippen molar-refractivity contribution >= 4 is 5.91 Å². The molecule has 1 aliphatic rings. The van der Waals surface area contributed by atoms with E-state index in [1.165, 1.54) is 0 Å². The van der Waals surface area contributed by atoms with Gasteiger partial charge < -0.3 is 16.2 Å². The van der Waals surface area contributed by atoms with Gasteiger partial charge in [-0.3, -0.25) is 4.79 Å². The second-order valence-electron chi connectivity index (χ2n) is 7.24. The lowest BCUT2D eigenvalue weighted by atomic mass is 9.87. The van der Waals surface area contributed by atoms with Crippen LogP contribution in [0.15, 0.2) is 24.3 Å². The molecule has 21 heavy (non-hydrogen) atoms. The first kappa shape index (κ1) is 16.0. The molecule has 0 bridgehead atoms. The zero-order chi connectivity index (χ0) is 15.6. The first-order valence-electron chi connectivity index (χ1n) is 7.57. The van der Waals surface area contributed by atoms with Crippen LogP contribution in [0.25, 0.3) is 0 Å². The van der Waals surface area contributed by atoms with Crippen molar-refractivity contribution in [3.8, 4) is 0 Å². The molecule has 0 saturated heterocycles. The Hall–Kier alpha value is -1.39. The zero-order valence-corrected chi connectivity index (χ0v) is 13.1. The minimum Gasteiger partial charge on any atom is -0.390 e. The Labute approximate surface area is 126 Å². The standard InChI is InChI=1S/C17H26N2O2/c1-17(2,3)10-12(18)9-15(21)19-16-13-7-5-4-6-11(13)8-14(16)20/h4-7,12,14,16,20H,8-10,18H2,1-3H3,(H,19,21)/t12?,14-,16+/m1/s1. The normalized spacial score (nSPS) is 22.7. The van der Waals surface area contributed by atoms with E-state index >= 15 is 0 Å². The largest absolute Gasteiger partial charge is 0.390 e. The summed E-state index contributed by atoms with van der Waals surface area (Å²) >= 11 is 0. The Kier molecular flexibility index (Phi) is 4.69. The van der Waals surface area contributed by atoms with Crippen molar-refractivity contribution < 1.29 is 9.90 Å². The maximum absolute atomic E-state index is 12.1. The molecule has 4 nitrogen and oxygen atoms in total. The molecule has 4 N–H and O–H groups in total. The van der Waals surface area contributed by atoms with Gasteiger partial charge in [-0.15, -0.1) is 0 Å². The van der Waals surface area contributed by atoms with Gasteiger partial charge in [0.25, 0.3) is 0 Å². The van der Waals surface area contributed by atoms with Crippen LogP contribution in [0.2, 0.25) is 0 Å². The third kappa shape index (κ3) is 4.29. The Morgan fingerprint density at radius 2 is 2.10 bits per heavy atom. The molecule has 1 amide bonds. The molecule has 0 aromatic heterocycles. The number of aliphatic hydroxyl groups excluding tert-OH is 1. The van der Waals surface area contributed by atoms with Crippen molar-refractivity contribution in [2.45, 2.75) is 58.2 Å². The van der Waals surface area contributed by atoms with Gasteiger partial charge in [-0.1, -0.05) is 45.0 Å². The highest BCUT2D eigenvalue weighted by Crippen LogP contribution is 2.31. The van der Waals surface area contributed by atoms with Gasteiger partial charge >= 0.3 is 0 Å². The molecule has 0 saturated carbocycles. The van der Waals surface area contributed by atoms with Crippen LogP contribution in [0.4, 0.5) is 0 Å². The lowest BCUT2D eigenvalue weighted by Gasteiger charge is -2.24. The van der Waals surface area contributed by atoms with E-state index in [1.54, 1.807) is 0 Å². The molecule has 4 heteroatoms. The van der Waals surface area contributed by atoms with Crippen molar-refractivity contribution in [2.24, 2.45) is 11.1 Å². The maximum Gasteiger partial charge on any atom is 0.222 e. The van der Waals surface area contributed by atoms with E-state index in [-0.39, 0.29) is 23.4 Å². The molecule has 3 atom stereocenters. The second kappa shape index (κ2) is 6.16. The predicted molar refractivity (Wildman–Crippen MR) is 83.7 cm³/mol. The zero-order valence-electron chi connectivity index (χ0n) is 13.1. The number of rotatable bonds is 4. The fourth-order valence-electron chi connectivity index (χ4n) is 3.08. The first-order valence-corrected chi connectivity index (χ1v) is 7.57. The summed E-state index contributed by atoms with van der Waals surface area (Å²) < 4.78 is 0. The SMILES string of the molecule is CC(C)(C)CC(N)CC(=O)N[C@H]1c2ccccc2C[C@H]1O. The molecule has 1 aromatic carbocycles. The summed E-state index contributed by atoms with van der Waals surface area (Å²) in [6, 6.07) is 7.38. The Bertz CT molecular complexity index is 508. The van der Waals surface area contributed by atoms with Gasteiger partial charge in [0.05, 0.1) is 12.1 Å². The lowest BCUT2D eigenvalue weighted by Crippen LogP contribution is -2.38. The minimum absolute atomic E-state index is 0.0903. The number of fused-ring (bicyclic) bond motifs is 1. The maximum atomic E-state index is 12.1. The van der Waals surface area contributed by atoms with Crippen LogP contribution in [0.5, 0.6) is 0 Å². The third-order valence-electron chi connectivity index (χ3n) is 3.84. The Balaban J connectivity index is 1.94. The molecule has 1 aromatic rings. The number of nitrogens with two attached hydrogens (primary N) is 1. The van der Waals surface area contributed by atoms with Crippen LogP contribution in [-0.4, -0.2) is 23.2 Å². The summed E-state index contributed by atoms with van der Waals surface area (Å²) in [5.74, 6) is -0.0903. The fourth-order valence-corrected chi connectivity index (χ4v) is 3.08. The van der Waals surface area contributed by atoms with Gasteiger partial charge in [0.15, 0.2) is 0 Å². The van der Waals surface area contributed by atoms with Gasteiger partial charge in [-0.2, -0.15) is 0 Å². The molecule has 0 spiro atoms. The highest BCUT2D eigenvalue weighted by molar-refractivity contribution is 5.77. The van der Waals surface area contributed by atoms with Crippen molar-refractivity contribution in [3.05, 3.63) is 35.4 Å². The number of aliphatic hydroxyl groups is 1. The van der Waals surface area contributed by atoms with E-state index < -0.39 is 6.10 Å². The quantitative estimate of drug-likeness (QED) is 0.793. The predicted octanol–water partition coefficient (Wildman–Crippen LogP) is 1.91. The average Bonchev–Trinajstić information content (AvgIpc) is 2.63. The molecule has 116 valence electrons. The summed E-state index contributed by atoms with van der Waals surface area (Å²) in [5, 5.41) is 13.1.